The molecule has 2 rings (SSSR count). The van der Waals surface area contributed by atoms with Crippen LogP contribution in [0.4, 0.5) is 0 Å². The molecule has 0 fully saturated rings. The van der Waals surface area contributed by atoms with E-state index in [4.69, 9.17) is 9.15 Å². The Kier molecular flexibility index (Phi) is 4.07. The number of nitrogens with one attached hydrogen (secondary N) is 1. The maximum absolute atomic E-state index is 11.9. The monoisotopic (exact) mass is 261 g/mol. The molecule has 0 bridgehead atoms. The lowest BCUT2D eigenvalue weighted by atomic mass is 10.1. The molecule has 100 valence electrons. The number of phenolic OH excluding ortho intramolecular Hbond substituents is 1. The van der Waals surface area contributed by atoms with Crippen molar-refractivity contribution in [2.75, 3.05) is 13.7 Å². The number of methoxy groups -OCH3 is 1. The summed E-state index contributed by atoms with van der Waals surface area (Å²) in [5.74, 6) is 0.880. The molecule has 19 heavy (non-hydrogen) atoms. The predicted molar refractivity (Wildman–Crippen MR) is 69.4 cm³/mol. The summed E-state index contributed by atoms with van der Waals surface area (Å²) in [7, 11) is 1.50. The number of benzene rings is 1. The fraction of sp³-hybridized carbons (Fsp3) is 0.214. The topological polar surface area (TPSA) is 71.7 Å². The van der Waals surface area contributed by atoms with E-state index in [-0.39, 0.29) is 17.2 Å². The van der Waals surface area contributed by atoms with E-state index in [1.54, 1.807) is 18.4 Å². The van der Waals surface area contributed by atoms with E-state index in [1.165, 1.54) is 19.2 Å². The SMILES string of the molecule is COc1ccc(C(=O)NCCc2ccco2)c(O)c1. The van der Waals surface area contributed by atoms with Gasteiger partial charge in [-0.15, -0.1) is 0 Å². The molecule has 0 aliphatic rings. The Balaban J connectivity index is 1.92. The number of carbonyl (C=O) groups excluding carboxylic acids is 1. The summed E-state index contributed by atoms with van der Waals surface area (Å²) >= 11 is 0. The van der Waals surface area contributed by atoms with Gasteiger partial charge in [0.15, 0.2) is 0 Å². The van der Waals surface area contributed by atoms with E-state index in [0.29, 0.717) is 18.7 Å². The van der Waals surface area contributed by atoms with E-state index in [0.717, 1.165) is 5.76 Å². The summed E-state index contributed by atoms with van der Waals surface area (Å²) < 4.78 is 10.1. The fourth-order valence-corrected chi connectivity index (χ4v) is 1.68. The minimum Gasteiger partial charge on any atom is -0.507 e. The van der Waals surface area contributed by atoms with Crippen LogP contribution >= 0.6 is 0 Å². The molecule has 1 heterocycles. The van der Waals surface area contributed by atoms with Gasteiger partial charge in [0.2, 0.25) is 0 Å². The van der Waals surface area contributed by atoms with Crippen LogP contribution in [-0.2, 0) is 6.42 Å². The van der Waals surface area contributed by atoms with Crippen molar-refractivity contribution in [2.24, 2.45) is 0 Å². The summed E-state index contributed by atoms with van der Waals surface area (Å²) in [6.45, 7) is 0.442. The number of rotatable bonds is 5. The fourth-order valence-electron chi connectivity index (χ4n) is 1.68. The first-order valence-corrected chi connectivity index (χ1v) is 5.88. The number of hydrogen-bond acceptors (Lipinski definition) is 4. The minimum atomic E-state index is -0.327. The highest BCUT2D eigenvalue weighted by molar-refractivity contribution is 5.96. The lowest BCUT2D eigenvalue weighted by Crippen LogP contribution is -2.25. The van der Waals surface area contributed by atoms with Gasteiger partial charge < -0.3 is 19.6 Å². The van der Waals surface area contributed by atoms with Gasteiger partial charge in [-0.1, -0.05) is 0 Å². The summed E-state index contributed by atoms with van der Waals surface area (Å²) in [5, 5.41) is 12.4. The normalized spacial score (nSPS) is 10.2. The Morgan fingerprint density at radius 2 is 2.26 bits per heavy atom. The Labute approximate surface area is 110 Å². The molecule has 2 aromatic rings. The van der Waals surface area contributed by atoms with Crippen LogP contribution < -0.4 is 10.1 Å². The first-order valence-electron chi connectivity index (χ1n) is 5.88. The zero-order valence-electron chi connectivity index (χ0n) is 10.6. The Morgan fingerprint density at radius 1 is 1.42 bits per heavy atom. The summed E-state index contributed by atoms with van der Waals surface area (Å²) in [6, 6.07) is 8.20. The van der Waals surface area contributed by atoms with Crippen molar-refractivity contribution >= 4 is 5.91 Å². The first kappa shape index (κ1) is 13.0. The van der Waals surface area contributed by atoms with Crippen LogP contribution in [0.1, 0.15) is 16.1 Å². The molecule has 5 nitrogen and oxygen atoms in total. The summed E-state index contributed by atoms with van der Waals surface area (Å²) in [6.07, 6.45) is 2.20. The van der Waals surface area contributed by atoms with Crippen LogP contribution in [0.3, 0.4) is 0 Å². The molecular weight excluding hydrogens is 246 g/mol. The molecular formula is C14H15NO4. The van der Waals surface area contributed by atoms with Crippen LogP contribution in [0.15, 0.2) is 41.0 Å². The van der Waals surface area contributed by atoms with Crippen LogP contribution in [0, 0.1) is 0 Å². The van der Waals surface area contributed by atoms with Crippen LogP contribution in [-0.4, -0.2) is 24.7 Å². The number of furan rings is 1. The first-order chi connectivity index (χ1) is 9.20. The minimum absolute atomic E-state index is 0.102. The predicted octanol–water partition coefficient (Wildman–Crippen LogP) is 1.97. The quantitative estimate of drug-likeness (QED) is 0.863. The van der Waals surface area contributed by atoms with Crippen molar-refractivity contribution in [3.8, 4) is 11.5 Å². The molecule has 1 aromatic heterocycles. The van der Waals surface area contributed by atoms with E-state index < -0.39 is 0 Å². The van der Waals surface area contributed by atoms with Crippen LogP contribution in [0.5, 0.6) is 11.5 Å². The molecule has 0 aliphatic carbocycles. The number of aromatic hydroxyl groups is 1. The van der Waals surface area contributed by atoms with Gasteiger partial charge in [0.1, 0.15) is 17.3 Å². The van der Waals surface area contributed by atoms with E-state index in [1.807, 2.05) is 6.07 Å². The van der Waals surface area contributed by atoms with Gasteiger partial charge in [-0.05, 0) is 24.3 Å². The van der Waals surface area contributed by atoms with Gasteiger partial charge in [-0.25, -0.2) is 0 Å². The van der Waals surface area contributed by atoms with Gasteiger partial charge in [-0.3, -0.25) is 4.79 Å². The molecule has 0 unspecified atom stereocenters. The Bertz CT molecular complexity index is 549. The third kappa shape index (κ3) is 3.28. The maximum atomic E-state index is 11.9. The van der Waals surface area contributed by atoms with Crippen molar-refractivity contribution in [3.05, 3.63) is 47.9 Å². The highest BCUT2D eigenvalue weighted by Gasteiger charge is 2.11. The standard InChI is InChI=1S/C14H15NO4/c1-18-11-4-5-12(13(16)9-11)14(17)15-7-6-10-3-2-8-19-10/h2-5,8-9,16H,6-7H2,1H3,(H,15,17). The zero-order valence-corrected chi connectivity index (χ0v) is 10.6. The second-order valence-corrected chi connectivity index (χ2v) is 3.97. The van der Waals surface area contributed by atoms with Crippen molar-refractivity contribution in [2.45, 2.75) is 6.42 Å². The average Bonchev–Trinajstić information content (AvgIpc) is 2.91. The largest absolute Gasteiger partial charge is 0.507 e. The summed E-state index contributed by atoms with van der Waals surface area (Å²) in [4.78, 5) is 11.9. The number of carbonyl (C=O) groups is 1. The van der Waals surface area contributed by atoms with Gasteiger partial charge >= 0.3 is 0 Å². The molecule has 0 atom stereocenters. The zero-order chi connectivity index (χ0) is 13.7. The number of ether oxygens (including phenoxy) is 1. The highest BCUT2D eigenvalue weighted by atomic mass is 16.5. The Morgan fingerprint density at radius 3 is 2.89 bits per heavy atom. The number of hydrogen-bond donors (Lipinski definition) is 2. The second kappa shape index (κ2) is 5.95. The van der Waals surface area contributed by atoms with Crippen molar-refractivity contribution in [3.63, 3.8) is 0 Å². The van der Waals surface area contributed by atoms with Crippen molar-refractivity contribution < 1.29 is 19.1 Å². The maximum Gasteiger partial charge on any atom is 0.255 e. The molecule has 0 spiro atoms. The molecule has 1 amide bonds. The molecule has 1 aromatic carbocycles. The van der Waals surface area contributed by atoms with Crippen LogP contribution in [0.25, 0.3) is 0 Å². The van der Waals surface area contributed by atoms with E-state index in [2.05, 4.69) is 5.32 Å². The molecule has 0 saturated heterocycles. The second-order valence-electron chi connectivity index (χ2n) is 3.97. The van der Waals surface area contributed by atoms with Crippen molar-refractivity contribution in [1.82, 2.24) is 5.32 Å². The van der Waals surface area contributed by atoms with Crippen molar-refractivity contribution in [1.29, 1.82) is 0 Å². The third-order valence-corrected chi connectivity index (χ3v) is 2.69. The van der Waals surface area contributed by atoms with Gasteiger partial charge in [0.05, 0.1) is 18.9 Å². The van der Waals surface area contributed by atoms with E-state index >= 15 is 0 Å². The average molecular weight is 261 g/mol. The number of amides is 1. The van der Waals surface area contributed by atoms with E-state index in [9.17, 15) is 9.90 Å². The summed E-state index contributed by atoms with van der Waals surface area (Å²) in [5.41, 5.74) is 0.222. The third-order valence-electron chi connectivity index (χ3n) is 2.69. The Hall–Kier alpha value is -2.43. The molecule has 0 aliphatic heterocycles. The molecule has 2 N–H and O–H groups in total. The van der Waals surface area contributed by atoms with Gasteiger partial charge in [0.25, 0.3) is 5.91 Å². The lowest BCUT2D eigenvalue weighted by Gasteiger charge is -2.07. The van der Waals surface area contributed by atoms with Gasteiger partial charge in [0, 0.05) is 19.0 Å². The molecule has 0 saturated carbocycles. The van der Waals surface area contributed by atoms with Crippen LogP contribution in [0.2, 0.25) is 0 Å². The lowest BCUT2D eigenvalue weighted by molar-refractivity contribution is 0.0951. The number of phenols is 1. The smallest absolute Gasteiger partial charge is 0.255 e. The molecule has 0 radical (unpaired) electrons. The molecule has 5 heteroatoms. The van der Waals surface area contributed by atoms with Gasteiger partial charge in [-0.2, -0.15) is 0 Å². The highest BCUT2D eigenvalue weighted by Crippen LogP contribution is 2.23.